The Morgan fingerprint density at radius 2 is 1.92 bits per heavy atom. The van der Waals surface area contributed by atoms with Crippen LogP contribution in [0.2, 0.25) is 0 Å². The smallest absolute Gasteiger partial charge is 0.248 e. The molecule has 0 radical (unpaired) electrons. The fraction of sp³-hybridized carbons (Fsp3) is 0.421. The van der Waals surface area contributed by atoms with Crippen molar-refractivity contribution in [3.8, 4) is 6.07 Å². The molecule has 0 aliphatic heterocycles. The molecule has 1 aliphatic rings. The van der Waals surface area contributed by atoms with Gasteiger partial charge in [0.1, 0.15) is 6.42 Å². The third-order valence-corrected chi connectivity index (χ3v) is 4.31. The van der Waals surface area contributed by atoms with Crippen LogP contribution in [0.1, 0.15) is 44.6 Å². The van der Waals surface area contributed by atoms with Crippen molar-refractivity contribution < 1.29 is 9.59 Å². The highest BCUT2D eigenvalue weighted by molar-refractivity contribution is 5.99. The minimum absolute atomic E-state index is 0.102. The number of rotatable bonds is 6. The van der Waals surface area contributed by atoms with Crippen molar-refractivity contribution in [1.29, 1.82) is 5.26 Å². The zero-order valence-corrected chi connectivity index (χ0v) is 14.0. The topological polar surface area (TPSA) is 82.0 Å². The van der Waals surface area contributed by atoms with Crippen molar-refractivity contribution >= 4 is 17.5 Å². The maximum Gasteiger partial charge on any atom is 0.248 e. The van der Waals surface area contributed by atoms with Crippen molar-refractivity contribution in [3.05, 3.63) is 41.5 Å². The van der Waals surface area contributed by atoms with E-state index in [0.717, 1.165) is 16.8 Å². The Balaban J connectivity index is 1.84. The predicted octanol–water partition coefficient (Wildman–Crippen LogP) is 3.29. The minimum atomic E-state index is -0.289. The molecule has 0 aromatic heterocycles. The summed E-state index contributed by atoms with van der Waals surface area (Å²) in [5.41, 5.74) is 2.79. The second-order valence-corrected chi connectivity index (χ2v) is 6.17. The average molecular weight is 325 g/mol. The highest BCUT2D eigenvalue weighted by atomic mass is 16.2. The molecule has 2 rings (SSSR count). The van der Waals surface area contributed by atoms with Crippen LogP contribution in [0.4, 0.5) is 5.69 Å². The monoisotopic (exact) mass is 325 g/mol. The van der Waals surface area contributed by atoms with Gasteiger partial charge in [0.25, 0.3) is 0 Å². The van der Waals surface area contributed by atoms with Crippen LogP contribution in [0.5, 0.6) is 0 Å². The Kier molecular flexibility index (Phi) is 6.56. The molecule has 1 aromatic rings. The number of carbonyl (C=O) groups excluding carboxylic acids is 2. The summed E-state index contributed by atoms with van der Waals surface area (Å²) in [6.07, 6.45) is 6.43. The van der Waals surface area contributed by atoms with Crippen LogP contribution in [0.3, 0.4) is 0 Å². The van der Waals surface area contributed by atoms with Crippen LogP contribution in [0.15, 0.2) is 35.9 Å². The fourth-order valence-electron chi connectivity index (χ4n) is 2.93. The molecule has 0 saturated heterocycles. The number of carbonyl (C=O) groups is 2. The molecule has 0 atom stereocenters. The standard InChI is InChI=1S/C19H23N3O2/c1-14(16-4-2-3-5-16)12-19(24)22-17-8-6-15(7-9-17)13-21-18(23)10-11-20/h6-9,12,16H,2-5,10,13H2,1H3,(H,21,23)(H,22,24)/b14-12+. The summed E-state index contributed by atoms with van der Waals surface area (Å²) in [7, 11) is 0. The lowest BCUT2D eigenvalue weighted by Crippen LogP contribution is -2.21. The van der Waals surface area contributed by atoms with Crippen LogP contribution in [-0.2, 0) is 16.1 Å². The van der Waals surface area contributed by atoms with Gasteiger partial charge in [0.2, 0.25) is 11.8 Å². The molecule has 0 unspecified atom stereocenters. The molecule has 0 bridgehead atoms. The molecule has 0 heterocycles. The first-order chi connectivity index (χ1) is 11.6. The highest BCUT2D eigenvalue weighted by Crippen LogP contribution is 2.30. The van der Waals surface area contributed by atoms with E-state index < -0.39 is 0 Å². The van der Waals surface area contributed by atoms with Gasteiger partial charge in [-0.3, -0.25) is 9.59 Å². The Morgan fingerprint density at radius 1 is 1.25 bits per heavy atom. The number of anilines is 1. The summed E-state index contributed by atoms with van der Waals surface area (Å²) >= 11 is 0. The van der Waals surface area contributed by atoms with E-state index in [4.69, 9.17) is 5.26 Å². The van der Waals surface area contributed by atoms with Crippen LogP contribution in [-0.4, -0.2) is 11.8 Å². The summed E-state index contributed by atoms with van der Waals surface area (Å²) in [4.78, 5) is 23.3. The number of nitrogens with zero attached hydrogens (tertiary/aromatic N) is 1. The quantitative estimate of drug-likeness (QED) is 0.787. The third-order valence-electron chi connectivity index (χ3n) is 4.31. The lowest BCUT2D eigenvalue weighted by atomic mass is 9.99. The van der Waals surface area contributed by atoms with Gasteiger partial charge in [0.15, 0.2) is 0 Å². The van der Waals surface area contributed by atoms with E-state index in [1.807, 2.05) is 31.2 Å². The molecule has 5 heteroatoms. The number of hydrogen-bond donors (Lipinski definition) is 2. The first-order valence-electron chi connectivity index (χ1n) is 8.30. The van der Waals surface area contributed by atoms with E-state index in [0.29, 0.717) is 12.5 Å². The molecule has 1 saturated carbocycles. The van der Waals surface area contributed by atoms with Gasteiger partial charge in [-0.1, -0.05) is 30.5 Å². The molecule has 1 fully saturated rings. The molecule has 2 N–H and O–H groups in total. The summed E-state index contributed by atoms with van der Waals surface area (Å²) in [6, 6.07) is 9.11. The highest BCUT2D eigenvalue weighted by Gasteiger charge is 2.17. The fourth-order valence-corrected chi connectivity index (χ4v) is 2.93. The van der Waals surface area contributed by atoms with Gasteiger partial charge in [-0.05, 0) is 43.4 Å². The van der Waals surface area contributed by atoms with E-state index in [9.17, 15) is 9.59 Å². The van der Waals surface area contributed by atoms with Crippen molar-refractivity contribution in [3.63, 3.8) is 0 Å². The lowest BCUT2D eigenvalue weighted by Gasteiger charge is -2.10. The maximum absolute atomic E-state index is 12.1. The number of benzene rings is 1. The summed E-state index contributed by atoms with van der Waals surface area (Å²) in [5.74, 6) is 0.159. The van der Waals surface area contributed by atoms with Gasteiger partial charge in [-0.15, -0.1) is 0 Å². The Hall–Kier alpha value is -2.61. The molecule has 0 spiro atoms. The molecule has 126 valence electrons. The average Bonchev–Trinajstić information content (AvgIpc) is 3.09. The first-order valence-corrected chi connectivity index (χ1v) is 8.30. The number of amides is 2. The van der Waals surface area contributed by atoms with Crippen molar-refractivity contribution in [1.82, 2.24) is 5.32 Å². The van der Waals surface area contributed by atoms with Gasteiger partial charge in [-0.2, -0.15) is 5.26 Å². The van der Waals surface area contributed by atoms with Crippen LogP contribution in [0.25, 0.3) is 0 Å². The number of allylic oxidation sites excluding steroid dienone is 1. The largest absolute Gasteiger partial charge is 0.351 e. The summed E-state index contributed by atoms with van der Waals surface area (Å²) in [5, 5.41) is 14.0. The van der Waals surface area contributed by atoms with Crippen LogP contribution < -0.4 is 10.6 Å². The van der Waals surface area contributed by atoms with Crippen LogP contribution in [0, 0.1) is 17.2 Å². The Labute approximate surface area is 142 Å². The second kappa shape index (κ2) is 8.88. The maximum atomic E-state index is 12.1. The van der Waals surface area contributed by atoms with Crippen molar-refractivity contribution in [2.45, 2.75) is 45.6 Å². The first kappa shape index (κ1) is 17.7. The molecule has 5 nitrogen and oxygen atoms in total. The molecule has 2 amide bonds. The summed E-state index contributed by atoms with van der Waals surface area (Å²) in [6.45, 7) is 2.40. The molecular formula is C19H23N3O2. The predicted molar refractivity (Wildman–Crippen MR) is 92.9 cm³/mol. The van der Waals surface area contributed by atoms with Crippen LogP contribution >= 0.6 is 0 Å². The van der Waals surface area contributed by atoms with E-state index >= 15 is 0 Å². The van der Waals surface area contributed by atoms with Gasteiger partial charge >= 0.3 is 0 Å². The van der Waals surface area contributed by atoms with Crippen molar-refractivity contribution in [2.75, 3.05) is 5.32 Å². The lowest BCUT2D eigenvalue weighted by molar-refractivity contribution is -0.120. The number of hydrogen-bond acceptors (Lipinski definition) is 3. The van der Waals surface area contributed by atoms with Gasteiger partial charge in [-0.25, -0.2) is 0 Å². The van der Waals surface area contributed by atoms with E-state index in [1.165, 1.54) is 25.7 Å². The van der Waals surface area contributed by atoms with E-state index in [1.54, 1.807) is 12.1 Å². The summed E-state index contributed by atoms with van der Waals surface area (Å²) < 4.78 is 0. The minimum Gasteiger partial charge on any atom is -0.351 e. The molecule has 1 aliphatic carbocycles. The van der Waals surface area contributed by atoms with Gasteiger partial charge < -0.3 is 10.6 Å². The third kappa shape index (κ3) is 5.54. The van der Waals surface area contributed by atoms with E-state index in [-0.39, 0.29) is 18.2 Å². The molecule has 1 aromatic carbocycles. The molecule has 24 heavy (non-hydrogen) atoms. The second-order valence-electron chi connectivity index (χ2n) is 6.17. The SMILES string of the molecule is C/C(=C\C(=O)Nc1ccc(CNC(=O)CC#N)cc1)C1CCCC1. The van der Waals surface area contributed by atoms with Gasteiger partial charge in [0.05, 0.1) is 6.07 Å². The Bertz CT molecular complexity index is 650. The van der Waals surface area contributed by atoms with Gasteiger partial charge in [0, 0.05) is 18.3 Å². The van der Waals surface area contributed by atoms with E-state index in [2.05, 4.69) is 10.6 Å². The van der Waals surface area contributed by atoms with Crippen molar-refractivity contribution in [2.24, 2.45) is 5.92 Å². The Morgan fingerprint density at radius 3 is 2.54 bits per heavy atom. The molecular weight excluding hydrogens is 302 g/mol. The normalized spacial score (nSPS) is 14.9. The zero-order valence-electron chi connectivity index (χ0n) is 14.0. The number of nitrogens with one attached hydrogen (secondary N) is 2. The zero-order chi connectivity index (χ0) is 17.4. The number of nitriles is 1.